The molecule has 0 aliphatic heterocycles. The normalized spacial score (nSPS) is 12.3. The van der Waals surface area contributed by atoms with E-state index in [-0.39, 0.29) is 16.5 Å². The Labute approximate surface area is 151 Å². The van der Waals surface area contributed by atoms with Gasteiger partial charge in [-0.3, -0.25) is 0 Å². The molecule has 0 aliphatic carbocycles. The van der Waals surface area contributed by atoms with E-state index in [4.69, 9.17) is 11.6 Å². The molecule has 1 aromatic carbocycles. The van der Waals surface area contributed by atoms with Crippen molar-refractivity contribution in [2.75, 3.05) is 6.26 Å². The van der Waals surface area contributed by atoms with E-state index in [9.17, 15) is 21.6 Å². The molecule has 2 heterocycles. The van der Waals surface area contributed by atoms with Crippen LogP contribution in [0.15, 0.2) is 47.6 Å². The molecule has 0 saturated carbocycles. The zero-order chi connectivity index (χ0) is 19.1. The lowest BCUT2D eigenvalue weighted by molar-refractivity contribution is -0.144. The number of sulfone groups is 1. The summed E-state index contributed by atoms with van der Waals surface area (Å²) in [5.74, 6) is -1.41. The van der Waals surface area contributed by atoms with Crippen LogP contribution in [0.3, 0.4) is 0 Å². The van der Waals surface area contributed by atoms with Crippen molar-refractivity contribution < 1.29 is 21.6 Å². The SMILES string of the molecule is CS(=O)(=O)c1ccc(-n2nc(C(F)(F)F)nc2-c2ccc(Cl)cc2)cn1. The summed E-state index contributed by atoms with van der Waals surface area (Å²) in [6, 6.07) is 8.51. The van der Waals surface area contributed by atoms with Crippen LogP contribution in [0.4, 0.5) is 13.2 Å². The first kappa shape index (κ1) is 18.3. The van der Waals surface area contributed by atoms with E-state index in [1.54, 1.807) is 0 Å². The molecule has 3 aromatic rings. The number of alkyl halides is 3. The number of nitrogens with zero attached hydrogens (tertiary/aromatic N) is 4. The van der Waals surface area contributed by atoms with Crippen LogP contribution in [-0.2, 0) is 16.0 Å². The van der Waals surface area contributed by atoms with Gasteiger partial charge in [-0.05, 0) is 36.4 Å². The van der Waals surface area contributed by atoms with Crippen molar-refractivity contribution in [3.8, 4) is 17.1 Å². The van der Waals surface area contributed by atoms with E-state index in [1.807, 2.05) is 0 Å². The van der Waals surface area contributed by atoms with Gasteiger partial charge in [-0.25, -0.2) is 23.1 Å². The van der Waals surface area contributed by atoms with E-state index in [2.05, 4.69) is 15.1 Å². The molecule has 0 aliphatic rings. The molecule has 2 aromatic heterocycles. The number of benzene rings is 1. The first-order chi connectivity index (χ1) is 12.1. The van der Waals surface area contributed by atoms with Crippen molar-refractivity contribution in [2.24, 2.45) is 0 Å². The molecule has 0 spiro atoms. The maximum absolute atomic E-state index is 13.0. The summed E-state index contributed by atoms with van der Waals surface area (Å²) in [7, 11) is -3.54. The minimum absolute atomic E-state index is 0.0807. The zero-order valence-corrected chi connectivity index (χ0v) is 14.6. The van der Waals surface area contributed by atoms with Crippen LogP contribution in [0.1, 0.15) is 5.82 Å². The third-order valence-electron chi connectivity index (χ3n) is 3.31. The minimum Gasteiger partial charge on any atom is -0.242 e. The molecule has 26 heavy (non-hydrogen) atoms. The van der Waals surface area contributed by atoms with Crippen molar-refractivity contribution in [2.45, 2.75) is 11.2 Å². The molecule has 0 amide bonds. The first-order valence-corrected chi connectivity index (χ1v) is 9.29. The number of hydrogen-bond acceptors (Lipinski definition) is 5. The molecule has 0 saturated heterocycles. The Balaban J connectivity index is 2.16. The van der Waals surface area contributed by atoms with Gasteiger partial charge in [0.15, 0.2) is 20.7 Å². The Morgan fingerprint density at radius 1 is 1.08 bits per heavy atom. The highest BCUT2D eigenvalue weighted by atomic mass is 35.5. The molecule has 0 fully saturated rings. The third-order valence-corrected chi connectivity index (χ3v) is 4.56. The molecule has 0 atom stereocenters. The highest BCUT2D eigenvalue weighted by molar-refractivity contribution is 7.90. The van der Waals surface area contributed by atoms with Crippen molar-refractivity contribution >= 4 is 21.4 Å². The average Bonchev–Trinajstić information content (AvgIpc) is 3.00. The molecular weight excluding hydrogens is 393 g/mol. The second-order valence-electron chi connectivity index (χ2n) is 5.30. The maximum atomic E-state index is 13.0. The van der Waals surface area contributed by atoms with Gasteiger partial charge in [-0.2, -0.15) is 13.2 Å². The average molecular weight is 403 g/mol. The van der Waals surface area contributed by atoms with Crippen molar-refractivity contribution in [1.29, 1.82) is 0 Å². The van der Waals surface area contributed by atoms with Gasteiger partial charge in [0.1, 0.15) is 0 Å². The number of halogens is 4. The van der Waals surface area contributed by atoms with E-state index >= 15 is 0 Å². The Morgan fingerprint density at radius 3 is 2.23 bits per heavy atom. The highest BCUT2D eigenvalue weighted by Gasteiger charge is 2.37. The van der Waals surface area contributed by atoms with E-state index < -0.39 is 21.8 Å². The molecule has 0 bridgehead atoms. The molecule has 3 rings (SSSR count). The van der Waals surface area contributed by atoms with Gasteiger partial charge in [-0.1, -0.05) is 11.6 Å². The molecule has 0 unspecified atom stereocenters. The van der Waals surface area contributed by atoms with Crippen LogP contribution < -0.4 is 0 Å². The molecule has 0 N–H and O–H groups in total. The summed E-state index contributed by atoms with van der Waals surface area (Å²) in [6.45, 7) is 0. The zero-order valence-electron chi connectivity index (χ0n) is 13.1. The van der Waals surface area contributed by atoms with Gasteiger partial charge in [0.25, 0.3) is 5.82 Å². The van der Waals surface area contributed by atoms with E-state index in [0.29, 0.717) is 10.6 Å². The van der Waals surface area contributed by atoms with Crippen molar-refractivity contribution in [3.63, 3.8) is 0 Å². The van der Waals surface area contributed by atoms with Crippen LogP contribution in [0.2, 0.25) is 5.02 Å². The fourth-order valence-electron chi connectivity index (χ4n) is 2.12. The van der Waals surface area contributed by atoms with Crippen LogP contribution in [0.25, 0.3) is 17.1 Å². The van der Waals surface area contributed by atoms with Gasteiger partial charge < -0.3 is 0 Å². The fourth-order valence-corrected chi connectivity index (χ4v) is 2.80. The van der Waals surface area contributed by atoms with Crippen LogP contribution in [0.5, 0.6) is 0 Å². The first-order valence-electron chi connectivity index (χ1n) is 7.02. The Bertz CT molecular complexity index is 1050. The summed E-state index contributed by atoms with van der Waals surface area (Å²) in [6.07, 6.45) is -2.65. The summed E-state index contributed by atoms with van der Waals surface area (Å²) in [5.41, 5.74) is 0.481. The second kappa shape index (κ2) is 6.36. The predicted octanol–water partition coefficient (Wildman–Crippen LogP) is 3.41. The molecule has 6 nitrogen and oxygen atoms in total. The summed E-state index contributed by atoms with van der Waals surface area (Å²) < 4.78 is 63.0. The maximum Gasteiger partial charge on any atom is 0.453 e. The molecule has 11 heteroatoms. The lowest BCUT2D eigenvalue weighted by Gasteiger charge is -2.06. The topological polar surface area (TPSA) is 77.7 Å². The van der Waals surface area contributed by atoms with Gasteiger partial charge in [0.05, 0.1) is 11.9 Å². The molecule has 136 valence electrons. The summed E-state index contributed by atoms with van der Waals surface area (Å²) in [5, 5.41) is 3.71. The quantitative estimate of drug-likeness (QED) is 0.671. The van der Waals surface area contributed by atoms with Gasteiger partial charge in [-0.15, -0.1) is 5.10 Å². The van der Waals surface area contributed by atoms with Gasteiger partial charge in [0, 0.05) is 16.8 Å². The Morgan fingerprint density at radius 2 is 1.73 bits per heavy atom. The van der Waals surface area contributed by atoms with Crippen LogP contribution in [0, 0.1) is 0 Å². The van der Waals surface area contributed by atoms with Crippen LogP contribution >= 0.6 is 11.6 Å². The van der Waals surface area contributed by atoms with E-state index in [0.717, 1.165) is 17.1 Å². The lowest BCUT2D eigenvalue weighted by Crippen LogP contribution is -2.09. The number of rotatable bonds is 3. The lowest BCUT2D eigenvalue weighted by atomic mass is 10.2. The van der Waals surface area contributed by atoms with Crippen molar-refractivity contribution in [1.82, 2.24) is 19.7 Å². The fraction of sp³-hybridized carbons (Fsp3) is 0.133. The van der Waals surface area contributed by atoms with Crippen LogP contribution in [-0.4, -0.2) is 34.4 Å². The monoisotopic (exact) mass is 402 g/mol. The standard InChI is InChI=1S/C15H10ClF3N4O2S/c1-26(24,25)12-7-6-11(8-20-12)23-13(9-2-4-10(16)5-3-9)21-14(22-23)15(17,18)19/h2-8H,1H3. The van der Waals surface area contributed by atoms with Gasteiger partial charge >= 0.3 is 6.18 Å². The predicted molar refractivity (Wildman–Crippen MR) is 87.7 cm³/mol. The van der Waals surface area contributed by atoms with Gasteiger partial charge in [0.2, 0.25) is 0 Å². The number of hydrogen-bond donors (Lipinski definition) is 0. The minimum atomic E-state index is -4.74. The molecule has 0 radical (unpaired) electrons. The second-order valence-corrected chi connectivity index (χ2v) is 7.70. The summed E-state index contributed by atoms with van der Waals surface area (Å²) >= 11 is 5.80. The highest BCUT2D eigenvalue weighted by Crippen LogP contribution is 2.30. The molecular formula is C15H10ClF3N4O2S. The smallest absolute Gasteiger partial charge is 0.242 e. The summed E-state index contributed by atoms with van der Waals surface area (Å²) in [4.78, 5) is 7.33. The largest absolute Gasteiger partial charge is 0.453 e. The third kappa shape index (κ3) is 3.70. The van der Waals surface area contributed by atoms with E-state index in [1.165, 1.54) is 36.4 Å². The number of pyridine rings is 1. The Kier molecular flexibility index (Phi) is 4.49. The Hall–Kier alpha value is -2.46. The van der Waals surface area contributed by atoms with Crippen molar-refractivity contribution in [3.05, 3.63) is 53.4 Å². The number of aromatic nitrogens is 4.